The number of H-pyrrole nitrogens is 1. The Morgan fingerprint density at radius 3 is 2.62 bits per heavy atom. The van der Waals surface area contributed by atoms with E-state index in [1.807, 2.05) is 20.8 Å². The number of aliphatic hydroxyl groups is 1. The molecule has 0 aliphatic rings. The first-order chi connectivity index (χ1) is 7.60. The number of hydrogen-bond donors (Lipinski definition) is 2. The Hall–Kier alpha value is -1.36. The molecule has 5 heteroatoms. The van der Waals surface area contributed by atoms with Crippen LogP contribution in [0.4, 0.5) is 0 Å². The van der Waals surface area contributed by atoms with Crippen molar-refractivity contribution in [2.75, 3.05) is 19.7 Å². The second kappa shape index (κ2) is 5.65. The molecule has 1 amide bonds. The monoisotopic (exact) mass is 225 g/mol. The summed E-state index contributed by atoms with van der Waals surface area (Å²) in [6.45, 7) is 6.71. The zero-order valence-electron chi connectivity index (χ0n) is 10.1. The van der Waals surface area contributed by atoms with Gasteiger partial charge in [-0.1, -0.05) is 0 Å². The minimum atomic E-state index is 0.00291. The number of aromatic amines is 1. The normalized spacial score (nSPS) is 10.5. The van der Waals surface area contributed by atoms with Crippen LogP contribution in [-0.2, 0) is 11.2 Å². The third-order valence-electron chi connectivity index (χ3n) is 2.71. The number of amides is 1. The highest BCUT2D eigenvalue weighted by molar-refractivity contribution is 5.79. The van der Waals surface area contributed by atoms with Crippen molar-refractivity contribution in [1.82, 2.24) is 15.1 Å². The van der Waals surface area contributed by atoms with Crippen molar-refractivity contribution in [2.45, 2.75) is 27.2 Å². The average Bonchev–Trinajstić information content (AvgIpc) is 2.57. The number of aryl methyl sites for hydroxylation is 2. The molecule has 0 spiro atoms. The smallest absolute Gasteiger partial charge is 0.227 e. The van der Waals surface area contributed by atoms with Gasteiger partial charge in [0.2, 0.25) is 5.91 Å². The fourth-order valence-electron chi connectivity index (χ4n) is 1.68. The van der Waals surface area contributed by atoms with E-state index in [1.54, 1.807) is 4.90 Å². The lowest BCUT2D eigenvalue weighted by Crippen LogP contribution is -2.34. The van der Waals surface area contributed by atoms with E-state index in [4.69, 9.17) is 5.11 Å². The van der Waals surface area contributed by atoms with Crippen LogP contribution in [0, 0.1) is 13.8 Å². The molecule has 0 aliphatic heterocycles. The Kier molecular flexibility index (Phi) is 4.49. The zero-order valence-corrected chi connectivity index (χ0v) is 10.1. The third-order valence-corrected chi connectivity index (χ3v) is 2.71. The van der Waals surface area contributed by atoms with Crippen LogP contribution in [0.25, 0.3) is 0 Å². The second-order valence-electron chi connectivity index (χ2n) is 3.79. The Balaban J connectivity index is 2.70. The maximum atomic E-state index is 11.9. The highest BCUT2D eigenvalue weighted by atomic mass is 16.3. The molecule has 0 unspecified atom stereocenters. The molecule has 2 N–H and O–H groups in total. The van der Waals surface area contributed by atoms with Crippen molar-refractivity contribution in [3.05, 3.63) is 17.0 Å². The van der Waals surface area contributed by atoms with E-state index in [0.29, 0.717) is 19.5 Å². The van der Waals surface area contributed by atoms with Crippen LogP contribution in [0.1, 0.15) is 23.9 Å². The summed E-state index contributed by atoms with van der Waals surface area (Å²) in [6, 6.07) is 0. The van der Waals surface area contributed by atoms with Crippen LogP contribution >= 0.6 is 0 Å². The van der Waals surface area contributed by atoms with Gasteiger partial charge in [-0.05, 0) is 20.8 Å². The average molecular weight is 225 g/mol. The molecule has 0 saturated heterocycles. The van der Waals surface area contributed by atoms with E-state index >= 15 is 0 Å². The summed E-state index contributed by atoms with van der Waals surface area (Å²) in [5.41, 5.74) is 2.76. The molecule has 16 heavy (non-hydrogen) atoms. The molecule has 0 saturated carbocycles. The van der Waals surface area contributed by atoms with Gasteiger partial charge < -0.3 is 10.0 Å². The van der Waals surface area contributed by atoms with Crippen LogP contribution in [0.3, 0.4) is 0 Å². The molecular weight excluding hydrogens is 206 g/mol. The standard InChI is InChI=1S/C11H19N3O2/c1-4-14(5-6-15)11(16)7-10-8(2)12-13-9(10)3/h15H,4-7H2,1-3H3,(H,12,13). The van der Waals surface area contributed by atoms with E-state index < -0.39 is 0 Å². The van der Waals surface area contributed by atoms with E-state index in [9.17, 15) is 4.79 Å². The number of carbonyl (C=O) groups excluding carboxylic acids is 1. The van der Waals surface area contributed by atoms with Crippen molar-refractivity contribution in [2.24, 2.45) is 0 Å². The lowest BCUT2D eigenvalue weighted by atomic mass is 10.1. The molecule has 0 aromatic carbocycles. The molecule has 0 fully saturated rings. The number of nitrogens with zero attached hydrogens (tertiary/aromatic N) is 2. The summed E-state index contributed by atoms with van der Waals surface area (Å²) in [5, 5.41) is 15.8. The number of likely N-dealkylation sites (N-methyl/N-ethyl adjacent to an activating group) is 1. The number of aromatic nitrogens is 2. The van der Waals surface area contributed by atoms with Gasteiger partial charge in [0.1, 0.15) is 0 Å². The topological polar surface area (TPSA) is 69.2 Å². The zero-order chi connectivity index (χ0) is 12.1. The maximum absolute atomic E-state index is 11.9. The van der Waals surface area contributed by atoms with Crippen LogP contribution < -0.4 is 0 Å². The van der Waals surface area contributed by atoms with Crippen LogP contribution in [-0.4, -0.2) is 45.8 Å². The largest absolute Gasteiger partial charge is 0.395 e. The van der Waals surface area contributed by atoms with Crippen molar-refractivity contribution >= 4 is 5.91 Å². The van der Waals surface area contributed by atoms with Gasteiger partial charge in [0, 0.05) is 24.3 Å². The van der Waals surface area contributed by atoms with Gasteiger partial charge in [-0.15, -0.1) is 0 Å². The molecule has 0 atom stereocenters. The van der Waals surface area contributed by atoms with E-state index in [-0.39, 0.29) is 12.5 Å². The minimum Gasteiger partial charge on any atom is -0.395 e. The predicted octanol–water partition coefficient (Wildman–Crippen LogP) is 0.410. The number of aliphatic hydroxyl groups excluding tert-OH is 1. The molecule has 0 bridgehead atoms. The van der Waals surface area contributed by atoms with Gasteiger partial charge in [-0.2, -0.15) is 5.10 Å². The van der Waals surface area contributed by atoms with E-state index in [2.05, 4.69) is 10.2 Å². The summed E-state index contributed by atoms with van der Waals surface area (Å²) >= 11 is 0. The van der Waals surface area contributed by atoms with Crippen molar-refractivity contribution < 1.29 is 9.90 Å². The molecule has 5 nitrogen and oxygen atoms in total. The van der Waals surface area contributed by atoms with Gasteiger partial charge in [0.15, 0.2) is 0 Å². The Morgan fingerprint density at radius 1 is 1.50 bits per heavy atom. The number of hydrogen-bond acceptors (Lipinski definition) is 3. The molecule has 1 aromatic rings. The van der Waals surface area contributed by atoms with Crippen molar-refractivity contribution in [3.8, 4) is 0 Å². The number of nitrogens with one attached hydrogen (secondary N) is 1. The molecule has 90 valence electrons. The van der Waals surface area contributed by atoms with Gasteiger partial charge in [0.05, 0.1) is 18.7 Å². The Morgan fingerprint density at radius 2 is 2.19 bits per heavy atom. The van der Waals surface area contributed by atoms with E-state index in [1.165, 1.54) is 0 Å². The van der Waals surface area contributed by atoms with Gasteiger partial charge in [-0.3, -0.25) is 9.89 Å². The Bertz CT molecular complexity index is 341. The molecule has 0 aliphatic carbocycles. The molecular formula is C11H19N3O2. The van der Waals surface area contributed by atoms with Crippen molar-refractivity contribution in [1.29, 1.82) is 0 Å². The van der Waals surface area contributed by atoms with Crippen LogP contribution in [0.2, 0.25) is 0 Å². The van der Waals surface area contributed by atoms with Crippen LogP contribution in [0.5, 0.6) is 0 Å². The summed E-state index contributed by atoms with van der Waals surface area (Å²) in [6.07, 6.45) is 0.349. The predicted molar refractivity (Wildman–Crippen MR) is 61.1 cm³/mol. The number of rotatable bonds is 5. The quantitative estimate of drug-likeness (QED) is 0.762. The molecule has 1 rings (SSSR count). The first-order valence-corrected chi connectivity index (χ1v) is 5.49. The summed E-state index contributed by atoms with van der Waals surface area (Å²) in [4.78, 5) is 13.6. The maximum Gasteiger partial charge on any atom is 0.227 e. The first kappa shape index (κ1) is 12.7. The summed E-state index contributed by atoms with van der Waals surface area (Å²) in [5.74, 6) is 0.0316. The van der Waals surface area contributed by atoms with Crippen molar-refractivity contribution in [3.63, 3.8) is 0 Å². The lowest BCUT2D eigenvalue weighted by Gasteiger charge is -2.19. The highest BCUT2D eigenvalue weighted by Crippen LogP contribution is 2.11. The molecule has 1 aromatic heterocycles. The number of carbonyl (C=O) groups is 1. The third kappa shape index (κ3) is 2.82. The molecule has 0 radical (unpaired) electrons. The lowest BCUT2D eigenvalue weighted by molar-refractivity contribution is -0.130. The first-order valence-electron chi connectivity index (χ1n) is 5.49. The van der Waals surface area contributed by atoms with Gasteiger partial charge >= 0.3 is 0 Å². The molecule has 1 heterocycles. The SMILES string of the molecule is CCN(CCO)C(=O)Cc1c(C)n[nH]c1C. The summed E-state index contributed by atoms with van der Waals surface area (Å²) in [7, 11) is 0. The fraction of sp³-hybridized carbons (Fsp3) is 0.636. The van der Waals surface area contributed by atoms with Gasteiger partial charge in [0.25, 0.3) is 0 Å². The fourth-order valence-corrected chi connectivity index (χ4v) is 1.68. The highest BCUT2D eigenvalue weighted by Gasteiger charge is 2.15. The second-order valence-corrected chi connectivity index (χ2v) is 3.79. The van der Waals surface area contributed by atoms with Gasteiger partial charge in [-0.25, -0.2) is 0 Å². The van der Waals surface area contributed by atoms with E-state index in [0.717, 1.165) is 17.0 Å². The Labute approximate surface area is 95.5 Å². The minimum absolute atomic E-state index is 0.00291. The van der Waals surface area contributed by atoms with Crippen LogP contribution in [0.15, 0.2) is 0 Å². The summed E-state index contributed by atoms with van der Waals surface area (Å²) < 4.78 is 0.